The van der Waals surface area contributed by atoms with Gasteiger partial charge in [0, 0.05) is 35.1 Å². The summed E-state index contributed by atoms with van der Waals surface area (Å²) >= 11 is 3.10. The third kappa shape index (κ3) is 5.13. The number of carbonyl (C=O) groups is 2. The SMILES string of the molecule is CSc1c2sc(C3=C(C(=O)OCc4ccc([N+](=O)[O-])cc4)N4C(=O)[C@H]([C@@H](C)O)[C@H]4[C@H]3C)cn2c[n+]1C[C@@H](C)CN=[N+]=[N-]. The van der Waals surface area contributed by atoms with Crippen molar-refractivity contribution < 1.29 is 28.9 Å². The number of ether oxygens (including phenoxy) is 1. The van der Waals surface area contributed by atoms with Gasteiger partial charge in [0.1, 0.15) is 18.5 Å². The average Bonchev–Trinajstić information content (AvgIpc) is 3.57. The zero-order valence-electron chi connectivity index (χ0n) is 23.4. The van der Waals surface area contributed by atoms with E-state index in [1.807, 2.05) is 37.0 Å². The number of benzene rings is 1. The second-order valence-corrected chi connectivity index (χ2v) is 12.4. The van der Waals surface area contributed by atoms with E-state index < -0.39 is 22.9 Å². The van der Waals surface area contributed by atoms with Crippen molar-refractivity contribution in [1.82, 2.24) is 9.30 Å². The Morgan fingerprint density at radius 3 is 2.69 bits per heavy atom. The van der Waals surface area contributed by atoms with Gasteiger partial charge in [-0.3, -0.25) is 14.9 Å². The maximum Gasteiger partial charge on any atom is 0.355 e. The number of nitro groups is 1. The van der Waals surface area contributed by atoms with Crippen LogP contribution in [-0.2, 0) is 27.5 Å². The van der Waals surface area contributed by atoms with Gasteiger partial charge in [0.15, 0.2) is 0 Å². The number of aromatic nitrogens is 2. The van der Waals surface area contributed by atoms with Crippen LogP contribution in [0, 0.1) is 27.9 Å². The lowest BCUT2D eigenvalue weighted by Crippen LogP contribution is -2.63. The summed E-state index contributed by atoms with van der Waals surface area (Å²) in [7, 11) is 0. The first kappa shape index (κ1) is 29.6. The third-order valence-electron chi connectivity index (χ3n) is 7.71. The zero-order chi connectivity index (χ0) is 30.3. The molecule has 5 atom stereocenters. The molecule has 3 aromatic rings. The predicted molar refractivity (Wildman–Crippen MR) is 155 cm³/mol. The van der Waals surface area contributed by atoms with E-state index in [0.717, 1.165) is 14.7 Å². The van der Waals surface area contributed by atoms with Gasteiger partial charge in [0.25, 0.3) is 12.0 Å². The molecule has 1 saturated heterocycles. The molecule has 42 heavy (non-hydrogen) atoms. The largest absolute Gasteiger partial charge is 0.456 e. The number of rotatable bonds is 11. The maximum absolute atomic E-state index is 13.6. The summed E-state index contributed by atoms with van der Waals surface area (Å²) in [4.78, 5) is 43.3. The van der Waals surface area contributed by atoms with Crippen molar-refractivity contribution in [2.24, 2.45) is 22.9 Å². The first-order valence-corrected chi connectivity index (χ1v) is 15.4. The van der Waals surface area contributed by atoms with Crippen molar-refractivity contribution in [2.75, 3.05) is 12.8 Å². The average molecular weight is 613 g/mol. The summed E-state index contributed by atoms with van der Waals surface area (Å²) < 4.78 is 9.75. The Kier molecular flexibility index (Phi) is 8.28. The van der Waals surface area contributed by atoms with E-state index in [4.69, 9.17) is 10.3 Å². The van der Waals surface area contributed by atoms with Gasteiger partial charge in [0.2, 0.25) is 15.8 Å². The number of carbonyl (C=O) groups excluding carboxylic acids is 2. The number of imidazole rings is 1. The van der Waals surface area contributed by atoms with Gasteiger partial charge in [0.05, 0.1) is 34.4 Å². The molecule has 220 valence electrons. The number of azide groups is 1. The Morgan fingerprint density at radius 1 is 1.36 bits per heavy atom. The minimum atomic E-state index is -0.869. The Labute approximate surface area is 249 Å². The minimum Gasteiger partial charge on any atom is -0.456 e. The zero-order valence-corrected chi connectivity index (χ0v) is 25.0. The number of hydrogen-bond donors (Lipinski definition) is 1. The predicted octanol–water partition coefficient (Wildman–Crippen LogP) is 4.18. The van der Waals surface area contributed by atoms with Crippen LogP contribution in [-0.4, -0.2) is 56.2 Å². The highest BCUT2D eigenvalue weighted by atomic mass is 32.2. The molecule has 2 aromatic heterocycles. The number of thiazole rings is 1. The van der Waals surface area contributed by atoms with E-state index in [9.17, 15) is 24.8 Å². The molecule has 0 unspecified atom stereocenters. The van der Waals surface area contributed by atoms with E-state index in [1.54, 1.807) is 18.7 Å². The normalized spacial score (nSPS) is 21.1. The first-order valence-electron chi connectivity index (χ1n) is 13.3. The van der Waals surface area contributed by atoms with Crippen molar-refractivity contribution in [2.45, 2.75) is 51.1 Å². The number of β-lactam (4-membered cyclic amide) rings is 1. The highest BCUT2D eigenvalue weighted by molar-refractivity contribution is 7.98. The number of hydrogen-bond acceptors (Lipinski definition) is 9. The van der Waals surface area contributed by atoms with Gasteiger partial charge < -0.3 is 14.7 Å². The molecular formula is C27H30N7O6S2+. The molecule has 0 radical (unpaired) electrons. The number of amides is 1. The van der Waals surface area contributed by atoms with Crippen LogP contribution in [0.2, 0.25) is 0 Å². The fraction of sp³-hybridized carbons (Fsp3) is 0.444. The fourth-order valence-corrected chi connectivity index (χ4v) is 7.96. The van der Waals surface area contributed by atoms with Crippen LogP contribution in [0.1, 0.15) is 31.2 Å². The molecule has 0 aliphatic carbocycles. The summed E-state index contributed by atoms with van der Waals surface area (Å²) in [6.45, 7) is 6.48. The second kappa shape index (κ2) is 11.8. The lowest BCUT2D eigenvalue weighted by Gasteiger charge is -2.46. The molecule has 1 amide bonds. The highest BCUT2D eigenvalue weighted by Gasteiger charge is 2.60. The molecule has 0 saturated carbocycles. The topological polar surface area (TPSA) is 167 Å². The summed E-state index contributed by atoms with van der Waals surface area (Å²) in [6, 6.07) is 5.36. The summed E-state index contributed by atoms with van der Waals surface area (Å²) in [6.07, 6.45) is 5.03. The fourth-order valence-electron chi connectivity index (χ4n) is 5.78. The number of aliphatic hydroxyl groups is 1. The van der Waals surface area contributed by atoms with Gasteiger partial charge in [-0.2, -0.15) is 4.40 Å². The Morgan fingerprint density at radius 2 is 2.07 bits per heavy atom. The van der Waals surface area contributed by atoms with Crippen molar-refractivity contribution in [3.63, 3.8) is 0 Å². The monoisotopic (exact) mass is 612 g/mol. The van der Waals surface area contributed by atoms with E-state index in [0.29, 0.717) is 24.2 Å². The van der Waals surface area contributed by atoms with Gasteiger partial charge in [-0.1, -0.05) is 42.1 Å². The summed E-state index contributed by atoms with van der Waals surface area (Å²) in [5.74, 6) is -1.71. The van der Waals surface area contributed by atoms with Crippen LogP contribution < -0.4 is 4.57 Å². The van der Waals surface area contributed by atoms with Crippen molar-refractivity contribution in [1.29, 1.82) is 0 Å². The quantitative estimate of drug-likeness (QED) is 0.0390. The Balaban J connectivity index is 1.49. The van der Waals surface area contributed by atoms with Crippen LogP contribution in [0.3, 0.4) is 0 Å². The Bertz CT molecular complexity index is 1640. The number of nitrogens with zero attached hydrogens (tertiary/aromatic N) is 7. The van der Waals surface area contributed by atoms with Gasteiger partial charge >= 0.3 is 5.97 Å². The highest BCUT2D eigenvalue weighted by Crippen LogP contribution is 2.52. The smallest absolute Gasteiger partial charge is 0.355 e. The molecular weight excluding hydrogens is 582 g/mol. The second-order valence-electron chi connectivity index (χ2n) is 10.6. The molecule has 0 spiro atoms. The number of esters is 1. The number of non-ortho nitro benzene ring substituents is 1. The molecule has 1 aromatic carbocycles. The number of fused-ring (bicyclic) bond motifs is 2. The maximum atomic E-state index is 13.6. The van der Waals surface area contributed by atoms with Gasteiger partial charge in [-0.25, -0.2) is 9.36 Å². The van der Waals surface area contributed by atoms with Crippen molar-refractivity contribution in [3.8, 4) is 0 Å². The van der Waals surface area contributed by atoms with Crippen LogP contribution in [0.15, 0.2) is 52.6 Å². The molecule has 13 nitrogen and oxygen atoms in total. The molecule has 2 aliphatic rings. The molecule has 4 heterocycles. The Hall–Kier alpha value is -3.91. The van der Waals surface area contributed by atoms with Crippen LogP contribution in [0.4, 0.5) is 5.69 Å². The molecule has 2 aliphatic heterocycles. The summed E-state index contributed by atoms with van der Waals surface area (Å²) in [5.41, 5.74) is 10.0. The molecule has 15 heteroatoms. The number of thioether (sulfide) groups is 1. The van der Waals surface area contributed by atoms with E-state index in [1.165, 1.54) is 40.5 Å². The van der Waals surface area contributed by atoms with Crippen LogP contribution >= 0.6 is 23.1 Å². The standard InChI is InChI=1S/C27H30N7O6S2/c1-14(9-29-30-28)10-31-13-32-11-19(42-26(32)25(31)41-4)20-15(2)22-21(16(3)35)24(36)33(22)23(20)27(37)40-12-17-5-7-18(8-6-17)34(38)39/h5-8,11,13-16,21-22,35H,9-10,12H2,1-4H3/q+1/t14-,15-,16+,21+,22+/m0/s1. The van der Waals surface area contributed by atoms with Crippen molar-refractivity contribution in [3.05, 3.63) is 73.5 Å². The van der Waals surface area contributed by atoms with E-state index in [-0.39, 0.29) is 41.8 Å². The molecule has 1 N–H and O–H groups in total. The minimum absolute atomic E-state index is 0.0666. The van der Waals surface area contributed by atoms with E-state index >= 15 is 0 Å². The van der Waals surface area contributed by atoms with Crippen LogP contribution in [0.5, 0.6) is 0 Å². The molecule has 5 rings (SSSR count). The lowest BCUT2D eigenvalue weighted by atomic mass is 9.77. The van der Waals surface area contributed by atoms with Crippen molar-refractivity contribution >= 4 is 51.1 Å². The van der Waals surface area contributed by atoms with Crippen LogP contribution in [0.25, 0.3) is 20.8 Å². The third-order valence-corrected chi connectivity index (χ3v) is 9.80. The summed E-state index contributed by atoms with van der Waals surface area (Å²) in [5, 5.41) is 26.0. The van der Waals surface area contributed by atoms with Gasteiger partial charge in [-0.15, -0.1) is 0 Å². The lowest BCUT2D eigenvalue weighted by molar-refractivity contribution is -0.734. The van der Waals surface area contributed by atoms with Gasteiger partial charge in [-0.05, 0) is 42.3 Å². The first-order chi connectivity index (χ1) is 20.1. The number of nitro benzene ring substituents is 1. The molecule has 1 fully saturated rings. The number of aliphatic hydroxyl groups excluding tert-OH is 1. The van der Waals surface area contributed by atoms with E-state index in [2.05, 4.69) is 14.6 Å². The molecule has 0 bridgehead atoms.